The van der Waals surface area contributed by atoms with Gasteiger partial charge >= 0.3 is 5.97 Å². The number of aliphatic carboxylic acids is 1. The van der Waals surface area contributed by atoms with Crippen LogP contribution in [0.2, 0.25) is 0 Å². The monoisotopic (exact) mass is 268 g/mol. The summed E-state index contributed by atoms with van der Waals surface area (Å²) >= 11 is 0. The van der Waals surface area contributed by atoms with Crippen LogP contribution in [0, 0.1) is 0 Å². The number of aromatic nitrogens is 2. The Bertz CT molecular complexity index is 747. The lowest BCUT2D eigenvalue weighted by molar-refractivity contribution is -0.136. The van der Waals surface area contributed by atoms with Crippen LogP contribution in [0.15, 0.2) is 54.9 Å². The van der Waals surface area contributed by atoms with Gasteiger partial charge in [-0.2, -0.15) is 0 Å². The van der Waals surface area contributed by atoms with Crippen LogP contribution < -0.4 is 4.74 Å². The van der Waals surface area contributed by atoms with Crippen molar-refractivity contribution in [1.82, 2.24) is 9.38 Å². The second-order valence-electron chi connectivity index (χ2n) is 4.34. The number of carboxylic acid groups (broad SMARTS) is 1. The Hall–Kier alpha value is -2.82. The maximum atomic E-state index is 10.6. The highest BCUT2D eigenvalue weighted by molar-refractivity contribution is 5.70. The Morgan fingerprint density at radius 3 is 2.75 bits per heavy atom. The molecule has 0 aliphatic carbocycles. The van der Waals surface area contributed by atoms with Gasteiger partial charge in [-0.25, -0.2) is 4.98 Å². The van der Waals surface area contributed by atoms with Gasteiger partial charge < -0.3 is 9.84 Å². The fourth-order valence-corrected chi connectivity index (χ4v) is 1.98. The van der Waals surface area contributed by atoms with Gasteiger partial charge in [-0.05, 0) is 29.8 Å². The number of pyridine rings is 1. The highest BCUT2D eigenvalue weighted by Gasteiger charge is 2.04. The molecule has 0 amide bonds. The lowest BCUT2D eigenvalue weighted by Gasteiger charge is -2.08. The van der Waals surface area contributed by atoms with E-state index in [0.29, 0.717) is 11.6 Å². The molecule has 0 spiro atoms. The van der Waals surface area contributed by atoms with Crippen molar-refractivity contribution in [2.45, 2.75) is 6.42 Å². The lowest BCUT2D eigenvalue weighted by Crippen LogP contribution is -1.99. The molecule has 5 heteroatoms. The average molecular weight is 268 g/mol. The lowest BCUT2D eigenvalue weighted by atomic mass is 10.1. The normalized spacial score (nSPS) is 10.6. The number of fused-ring (bicyclic) bond motifs is 1. The molecule has 0 unspecified atom stereocenters. The Balaban J connectivity index is 1.84. The number of imidazole rings is 1. The molecule has 0 aliphatic rings. The molecule has 1 N–H and O–H groups in total. The molecule has 100 valence electrons. The Kier molecular flexibility index (Phi) is 3.09. The van der Waals surface area contributed by atoms with E-state index in [4.69, 9.17) is 9.84 Å². The molecule has 2 heterocycles. The zero-order valence-electron chi connectivity index (χ0n) is 10.6. The van der Waals surface area contributed by atoms with Crippen LogP contribution in [-0.2, 0) is 11.2 Å². The quantitative estimate of drug-likeness (QED) is 0.790. The third kappa shape index (κ3) is 2.47. The Morgan fingerprint density at radius 1 is 1.20 bits per heavy atom. The number of hydrogen-bond donors (Lipinski definition) is 1. The summed E-state index contributed by atoms with van der Waals surface area (Å²) in [6, 6.07) is 12.6. The van der Waals surface area contributed by atoms with Gasteiger partial charge in [0.1, 0.15) is 11.4 Å². The van der Waals surface area contributed by atoms with E-state index < -0.39 is 5.97 Å². The summed E-state index contributed by atoms with van der Waals surface area (Å²) in [6.45, 7) is 0. The molecule has 0 radical (unpaired) electrons. The molecule has 3 aromatic rings. The number of ether oxygens (including phenoxy) is 1. The van der Waals surface area contributed by atoms with Gasteiger partial charge in [0.25, 0.3) is 0 Å². The molecule has 2 aromatic heterocycles. The molecule has 0 bridgehead atoms. The van der Waals surface area contributed by atoms with Crippen LogP contribution in [0.25, 0.3) is 5.65 Å². The Labute approximate surface area is 115 Å². The van der Waals surface area contributed by atoms with E-state index in [-0.39, 0.29) is 6.42 Å². The van der Waals surface area contributed by atoms with Gasteiger partial charge in [-0.3, -0.25) is 9.20 Å². The maximum Gasteiger partial charge on any atom is 0.307 e. The molecular formula is C15H12N2O3. The van der Waals surface area contributed by atoms with Crippen molar-refractivity contribution >= 4 is 11.6 Å². The van der Waals surface area contributed by atoms with Crippen LogP contribution in [0.3, 0.4) is 0 Å². The van der Waals surface area contributed by atoms with Gasteiger partial charge in [0.05, 0.1) is 6.42 Å². The summed E-state index contributed by atoms with van der Waals surface area (Å²) in [4.78, 5) is 14.8. The number of benzene rings is 1. The predicted octanol–water partition coefficient (Wildman–Crippen LogP) is 2.75. The molecule has 1 aromatic carbocycles. The van der Waals surface area contributed by atoms with E-state index in [0.717, 1.165) is 11.2 Å². The number of nitrogens with zero attached hydrogens (tertiary/aromatic N) is 2. The molecule has 0 fully saturated rings. The van der Waals surface area contributed by atoms with Crippen molar-refractivity contribution in [3.05, 3.63) is 60.4 Å². The third-order valence-corrected chi connectivity index (χ3v) is 2.89. The van der Waals surface area contributed by atoms with Gasteiger partial charge in [0.2, 0.25) is 5.88 Å². The zero-order valence-corrected chi connectivity index (χ0v) is 10.6. The van der Waals surface area contributed by atoms with Crippen LogP contribution in [0.1, 0.15) is 5.56 Å². The minimum absolute atomic E-state index is 0.0113. The van der Waals surface area contributed by atoms with Crippen LogP contribution in [0.4, 0.5) is 0 Å². The largest absolute Gasteiger partial charge is 0.481 e. The van der Waals surface area contributed by atoms with Crippen LogP contribution in [-0.4, -0.2) is 20.5 Å². The summed E-state index contributed by atoms with van der Waals surface area (Å²) < 4.78 is 7.62. The van der Waals surface area contributed by atoms with E-state index in [9.17, 15) is 4.79 Å². The fraction of sp³-hybridized carbons (Fsp3) is 0.0667. The first-order chi connectivity index (χ1) is 9.72. The van der Waals surface area contributed by atoms with Crippen LogP contribution >= 0.6 is 0 Å². The van der Waals surface area contributed by atoms with Crippen LogP contribution in [0.5, 0.6) is 11.6 Å². The van der Waals surface area contributed by atoms with Crippen molar-refractivity contribution in [3.63, 3.8) is 0 Å². The SMILES string of the molecule is O=C(O)Cc1ccc(Oc2cccc3nccn23)cc1. The van der Waals surface area contributed by atoms with Crippen molar-refractivity contribution in [1.29, 1.82) is 0 Å². The molecule has 5 nitrogen and oxygen atoms in total. The number of rotatable bonds is 4. The van der Waals surface area contributed by atoms with Crippen molar-refractivity contribution in [3.8, 4) is 11.6 Å². The summed E-state index contributed by atoms with van der Waals surface area (Å²) in [7, 11) is 0. The van der Waals surface area contributed by atoms with Gasteiger partial charge in [-0.1, -0.05) is 18.2 Å². The van der Waals surface area contributed by atoms with E-state index in [1.165, 1.54) is 0 Å². The van der Waals surface area contributed by atoms with E-state index in [1.807, 2.05) is 28.8 Å². The van der Waals surface area contributed by atoms with Gasteiger partial charge in [0.15, 0.2) is 0 Å². The minimum Gasteiger partial charge on any atom is -0.481 e. The third-order valence-electron chi connectivity index (χ3n) is 2.89. The molecule has 0 atom stereocenters. The number of carbonyl (C=O) groups is 1. The highest BCUT2D eigenvalue weighted by Crippen LogP contribution is 2.22. The second kappa shape index (κ2) is 5.05. The maximum absolute atomic E-state index is 10.6. The summed E-state index contributed by atoms with van der Waals surface area (Å²) in [5.41, 5.74) is 1.55. The average Bonchev–Trinajstić information content (AvgIpc) is 2.90. The number of carboxylic acids is 1. The summed E-state index contributed by atoms with van der Waals surface area (Å²) in [5.74, 6) is 0.466. The smallest absolute Gasteiger partial charge is 0.307 e. The first-order valence-corrected chi connectivity index (χ1v) is 6.13. The predicted molar refractivity (Wildman–Crippen MR) is 73.0 cm³/mol. The molecule has 3 rings (SSSR count). The minimum atomic E-state index is -0.846. The molecule has 0 saturated carbocycles. The van der Waals surface area contributed by atoms with Crippen molar-refractivity contribution < 1.29 is 14.6 Å². The molecule has 20 heavy (non-hydrogen) atoms. The topological polar surface area (TPSA) is 63.8 Å². The molecular weight excluding hydrogens is 256 g/mol. The Morgan fingerprint density at radius 2 is 2.00 bits per heavy atom. The second-order valence-corrected chi connectivity index (χ2v) is 4.34. The standard InChI is InChI=1S/C15H12N2O3/c18-15(19)10-11-4-6-12(7-5-11)20-14-3-1-2-13-16-8-9-17(13)14/h1-9H,10H2,(H,18,19). The van der Waals surface area contributed by atoms with Crippen molar-refractivity contribution in [2.75, 3.05) is 0 Å². The van der Waals surface area contributed by atoms with E-state index in [2.05, 4.69) is 4.98 Å². The first-order valence-electron chi connectivity index (χ1n) is 6.13. The summed E-state index contributed by atoms with van der Waals surface area (Å²) in [5, 5.41) is 8.72. The van der Waals surface area contributed by atoms with Gasteiger partial charge in [-0.15, -0.1) is 0 Å². The zero-order chi connectivity index (χ0) is 13.9. The summed E-state index contributed by atoms with van der Waals surface area (Å²) in [6.07, 6.45) is 3.54. The molecule has 0 aliphatic heterocycles. The van der Waals surface area contributed by atoms with E-state index in [1.54, 1.807) is 30.5 Å². The highest BCUT2D eigenvalue weighted by atomic mass is 16.5. The first kappa shape index (κ1) is 12.2. The van der Waals surface area contributed by atoms with E-state index >= 15 is 0 Å². The molecule has 0 saturated heterocycles. The fourth-order valence-electron chi connectivity index (χ4n) is 1.98. The van der Waals surface area contributed by atoms with Crippen molar-refractivity contribution in [2.24, 2.45) is 0 Å². The number of hydrogen-bond acceptors (Lipinski definition) is 3. The van der Waals surface area contributed by atoms with Gasteiger partial charge in [0, 0.05) is 12.4 Å².